The van der Waals surface area contributed by atoms with Gasteiger partial charge in [0.05, 0.1) is 6.54 Å². The van der Waals surface area contributed by atoms with Crippen molar-refractivity contribution < 1.29 is 14.4 Å². The van der Waals surface area contributed by atoms with Crippen LogP contribution in [0.3, 0.4) is 0 Å². The normalized spacial score (nSPS) is 12.5. The van der Waals surface area contributed by atoms with Crippen LogP contribution in [0.25, 0.3) is 0 Å². The van der Waals surface area contributed by atoms with Crippen LogP contribution in [0.4, 0.5) is 5.69 Å². The molecule has 1 N–H and O–H groups in total. The smallest absolute Gasteiger partial charge is 0.238 e. The third-order valence-corrected chi connectivity index (χ3v) is 4.92. The molecule has 0 saturated carbocycles. The molecule has 0 spiro atoms. The SMILES string of the molecule is CN(CC(=O)Nc1ccc2c(c1)C(=O)c1ccccc1C2=O)Cc1ccccc1. The summed E-state index contributed by atoms with van der Waals surface area (Å²) in [5.41, 5.74) is 3.14. The third kappa shape index (κ3) is 3.86. The zero-order chi connectivity index (χ0) is 20.4. The van der Waals surface area contributed by atoms with Gasteiger partial charge in [0, 0.05) is 34.5 Å². The highest BCUT2D eigenvalue weighted by atomic mass is 16.2. The van der Waals surface area contributed by atoms with E-state index < -0.39 is 0 Å². The van der Waals surface area contributed by atoms with E-state index >= 15 is 0 Å². The molecule has 0 bridgehead atoms. The maximum atomic E-state index is 12.8. The molecule has 3 aromatic carbocycles. The van der Waals surface area contributed by atoms with Crippen molar-refractivity contribution >= 4 is 23.2 Å². The fourth-order valence-corrected chi connectivity index (χ4v) is 3.57. The molecule has 1 amide bonds. The zero-order valence-corrected chi connectivity index (χ0v) is 16.0. The molecule has 0 heterocycles. The van der Waals surface area contributed by atoms with E-state index in [1.54, 1.807) is 42.5 Å². The number of ketones is 2. The van der Waals surface area contributed by atoms with Crippen LogP contribution < -0.4 is 5.32 Å². The molecule has 5 nitrogen and oxygen atoms in total. The second-order valence-electron chi connectivity index (χ2n) is 7.17. The molecule has 0 radical (unpaired) electrons. The minimum Gasteiger partial charge on any atom is -0.325 e. The molecule has 4 rings (SSSR count). The summed E-state index contributed by atoms with van der Waals surface area (Å²) in [5.74, 6) is -0.554. The number of carbonyl (C=O) groups excluding carboxylic acids is 3. The highest BCUT2D eigenvalue weighted by Crippen LogP contribution is 2.29. The molecule has 0 saturated heterocycles. The Labute approximate surface area is 169 Å². The number of rotatable bonds is 5. The second-order valence-corrected chi connectivity index (χ2v) is 7.17. The van der Waals surface area contributed by atoms with Crippen molar-refractivity contribution in [2.75, 3.05) is 18.9 Å². The van der Waals surface area contributed by atoms with Gasteiger partial charge in [-0.25, -0.2) is 0 Å². The summed E-state index contributed by atoms with van der Waals surface area (Å²) in [7, 11) is 1.87. The van der Waals surface area contributed by atoms with Crippen molar-refractivity contribution in [3.05, 3.63) is 101 Å². The Kier molecular flexibility index (Phi) is 5.06. The number of amides is 1. The monoisotopic (exact) mass is 384 g/mol. The summed E-state index contributed by atoms with van der Waals surface area (Å²) in [6.45, 7) is 0.865. The topological polar surface area (TPSA) is 66.5 Å². The number of hydrogen-bond donors (Lipinski definition) is 1. The molecular weight excluding hydrogens is 364 g/mol. The fourth-order valence-electron chi connectivity index (χ4n) is 3.57. The Morgan fingerprint density at radius 2 is 1.38 bits per heavy atom. The van der Waals surface area contributed by atoms with Crippen molar-refractivity contribution in [2.45, 2.75) is 6.54 Å². The van der Waals surface area contributed by atoms with Gasteiger partial charge in [0.25, 0.3) is 0 Å². The molecule has 3 aromatic rings. The first-order chi connectivity index (χ1) is 14.0. The number of nitrogens with zero attached hydrogens (tertiary/aromatic N) is 1. The largest absolute Gasteiger partial charge is 0.325 e. The van der Waals surface area contributed by atoms with Gasteiger partial charge in [-0.15, -0.1) is 0 Å². The van der Waals surface area contributed by atoms with E-state index in [4.69, 9.17) is 0 Å². The average molecular weight is 384 g/mol. The molecule has 0 fully saturated rings. The first kappa shape index (κ1) is 18.8. The van der Waals surface area contributed by atoms with E-state index in [1.807, 2.05) is 42.3 Å². The summed E-state index contributed by atoms with van der Waals surface area (Å²) in [6, 6.07) is 21.6. The molecule has 0 aliphatic heterocycles. The van der Waals surface area contributed by atoms with Gasteiger partial charge < -0.3 is 5.32 Å². The van der Waals surface area contributed by atoms with E-state index in [-0.39, 0.29) is 24.0 Å². The van der Waals surface area contributed by atoms with Gasteiger partial charge in [-0.3, -0.25) is 19.3 Å². The van der Waals surface area contributed by atoms with Crippen molar-refractivity contribution in [3.8, 4) is 0 Å². The van der Waals surface area contributed by atoms with Crippen LogP contribution >= 0.6 is 0 Å². The summed E-state index contributed by atoms with van der Waals surface area (Å²) in [6.07, 6.45) is 0. The van der Waals surface area contributed by atoms with Crippen LogP contribution in [-0.2, 0) is 11.3 Å². The predicted molar refractivity (Wildman–Crippen MR) is 111 cm³/mol. The fraction of sp³-hybridized carbons (Fsp3) is 0.125. The van der Waals surface area contributed by atoms with Crippen LogP contribution in [0.15, 0.2) is 72.8 Å². The van der Waals surface area contributed by atoms with Crippen molar-refractivity contribution in [2.24, 2.45) is 0 Å². The molecule has 5 heteroatoms. The van der Waals surface area contributed by atoms with Crippen LogP contribution in [0.2, 0.25) is 0 Å². The van der Waals surface area contributed by atoms with Crippen molar-refractivity contribution in [1.29, 1.82) is 0 Å². The van der Waals surface area contributed by atoms with Gasteiger partial charge in [-0.05, 0) is 30.8 Å². The molecule has 1 aliphatic carbocycles. The zero-order valence-electron chi connectivity index (χ0n) is 16.0. The van der Waals surface area contributed by atoms with Gasteiger partial charge in [0.15, 0.2) is 11.6 Å². The minimum absolute atomic E-state index is 0.171. The number of fused-ring (bicyclic) bond motifs is 2. The molecular formula is C24H20N2O3. The van der Waals surface area contributed by atoms with Gasteiger partial charge in [0.1, 0.15) is 0 Å². The summed E-state index contributed by atoms with van der Waals surface area (Å²) in [5, 5.41) is 2.82. The number of anilines is 1. The van der Waals surface area contributed by atoms with Crippen LogP contribution in [-0.4, -0.2) is 36.0 Å². The highest BCUT2D eigenvalue weighted by molar-refractivity contribution is 6.28. The van der Waals surface area contributed by atoms with Gasteiger partial charge in [0.2, 0.25) is 5.91 Å². The highest BCUT2D eigenvalue weighted by Gasteiger charge is 2.29. The summed E-state index contributed by atoms with van der Waals surface area (Å²) >= 11 is 0. The molecule has 144 valence electrons. The maximum absolute atomic E-state index is 12.8. The minimum atomic E-state index is -0.201. The Balaban J connectivity index is 1.47. The number of benzene rings is 3. The maximum Gasteiger partial charge on any atom is 0.238 e. The van der Waals surface area contributed by atoms with Crippen LogP contribution in [0.5, 0.6) is 0 Å². The lowest BCUT2D eigenvalue weighted by atomic mass is 9.84. The molecule has 29 heavy (non-hydrogen) atoms. The lowest BCUT2D eigenvalue weighted by Crippen LogP contribution is -2.30. The van der Waals surface area contributed by atoms with Gasteiger partial charge in [-0.1, -0.05) is 54.6 Å². The summed E-state index contributed by atoms with van der Waals surface area (Å²) in [4.78, 5) is 39.8. The van der Waals surface area contributed by atoms with Gasteiger partial charge in [-0.2, -0.15) is 0 Å². The van der Waals surface area contributed by atoms with Gasteiger partial charge >= 0.3 is 0 Å². The van der Waals surface area contributed by atoms with Crippen LogP contribution in [0.1, 0.15) is 37.4 Å². The molecule has 0 unspecified atom stereocenters. The van der Waals surface area contributed by atoms with E-state index in [2.05, 4.69) is 5.32 Å². The first-order valence-electron chi connectivity index (χ1n) is 9.38. The number of likely N-dealkylation sites (N-methyl/N-ethyl adjacent to an activating group) is 1. The van der Waals surface area contributed by atoms with E-state index in [0.29, 0.717) is 34.5 Å². The van der Waals surface area contributed by atoms with Crippen molar-refractivity contribution in [3.63, 3.8) is 0 Å². The molecule has 0 atom stereocenters. The Hall–Kier alpha value is -3.57. The van der Waals surface area contributed by atoms with Crippen molar-refractivity contribution in [1.82, 2.24) is 4.90 Å². The molecule has 1 aliphatic rings. The number of hydrogen-bond acceptors (Lipinski definition) is 4. The Morgan fingerprint density at radius 3 is 2.07 bits per heavy atom. The standard InChI is InChI=1S/C24H20N2O3/c1-26(14-16-7-3-2-4-8-16)15-22(27)25-17-11-12-20-21(13-17)24(29)19-10-6-5-9-18(19)23(20)28/h2-13H,14-15H2,1H3,(H,25,27). The lowest BCUT2D eigenvalue weighted by molar-refractivity contribution is -0.117. The predicted octanol–water partition coefficient (Wildman–Crippen LogP) is 3.53. The lowest BCUT2D eigenvalue weighted by Gasteiger charge is -2.19. The summed E-state index contributed by atoms with van der Waals surface area (Å²) < 4.78 is 0. The molecule has 0 aromatic heterocycles. The van der Waals surface area contributed by atoms with E-state index in [0.717, 1.165) is 5.56 Å². The number of nitrogens with one attached hydrogen (secondary N) is 1. The Bertz CT molecular complexity index is 1110. The van der Waals surface area contributed by atoms with E-state index in [1.165, 1.54) is 0 Å². The Morgan fingerprint density at radius 1 is 0.793 bits per heavy atom. The first-order valence-corrected chi connectivity index (χ1v) is 9.38. The second kappa shape index (κ2) is 7.81. The third-order valence-electron chi connectivity index (χ3n) is 4.92. The number of carbonyl (C=O) groups is 3. The quantitative estimate of drug-likeness (QED) is 0.572. The van der Waals surface area contributed by atoms with Crippen LogP contribution in [0, 0.1) is 0 Å². The van der Waals surface area contributed by atoms with E-state index in [9.17, 15) is 14.4 Å². The average Bonchev–Trinajstić information content (AvgIpc) is 2.72.